The van der Waals surface area contributed by atoms with Crippen LogP contribution in [0.1, 0.15) is 30.6 Å². The molecule has 0 aromatic carbocycles. The molecule has 3 nitrogen and oxygen atoms in total. The molecule has 0 unspecified atom stereocenters. The van der Waals surface area contributed by atoms with Gasteiger partial charge in [-0.05, 0) is 44.7 Å². The van der Waals surface area contributed by atoms with Crippen molar-refractivity contribution in [2.45, 2.75) is 36.8 Å². The summed E-state index contributed by atoms with van der Waals surface area (Å²) in [7, 11) is -3.24. The van der Waals surface area contributed by atoms with E-state index in [4.69, 9.17) is 0 Å². The molecule has 1 saturated heterocycles. The van der Waals surface area contributed by atoms with Crippen molar-refractivity contribution in [1.29, 1.82) is 0 Å². The van der Waals surface area contributed by atoms with E-state index in [0.717, 1.165) is 17.7 Å². The maximum atomic E-state index is 12.4. The first-order valence-corrected chi connectivity index (χ1v) is 8.59. The minimum Gasteiger partial charge on any atom is -0.206 e. The summed E-state index contributed by atoms with van der Waals surface area (Å²) in [6, 6.07) is 3.60. The Bertz CT molecular complexity index is 582. The van der Waals surface area contributed by atoms with Crippen molar-refractivity contribution < 1.29 is 8.42 Å². The van der Waals surface area contributed by atoms with Crippen LogP contribution in [-0.4, -0.2) is 25.8 Å². The smallest absolute Gasteiger partial charge is 0.206 e. The van der Waals surface area contributed by atoms with Gasteiger partial charge in [0.05, 0.1) is 0 Å². The molecule has 2 aliphatic rings. The van der Waals surface area contributed by atoms with Crippen molar-refractivity contribution in [3.8, 4) is 0 Å². The number of allylic oxidation sites excluding steroid dienone is 1. The van der Waals surface area contributed by atoms with Crippen molar-refractivity contribution >= 4 is 21.4 Å². The molecule has 98 valence electrons. The highest BCUT2D eigenvalue weighted by Gasteiger charge is 2.30. The van der Waals surface area contributed by atoms with Crippen LogP contribution in [0.25, 0.3) is 0 Å². The summed E-state index contributed by atoms with van der Waals surface area (Å²) in [6.45, 7) is 3.24. The molecular weight excluding hydrogens is 266 g/mol. The fourth-order valence-corrected chi connectivity index (χ4v) is 5.32. The van der Waals surface area contributed by atoms with Gasteiger partial charge < -0.3 is 0 Å². The van der Waals surface area contributed by atoms with Gasteiger partial charge in [0.25, 0.3) is 10.0 Å². The van der Waals surface area contributed by atoms with Crippen LogP contribution in [0.15, 0.2) is 27.5 Å². The van der Waals surface area contributed by atoms with Crippen LogP contribution >= 0.6 is 11.3 Å². The molecule has 1 aromatic heterocycles. The third-order valence-corrected chi connectivity index (χ3v) is 7.00. The molecule has 1 aliphatic heterocycles. The monoisotopic (exact) mass is 283 g/mol. The normalized spacial score (nSPS) is 21.4. The number of rotatable bonds is 2. The number of hydrogen-bond acceptors (Lipinski definition) is 3. The molecule has 1 aliphatic carbocycles. The van der Waals surface area contributed by atoms with Crippen molar-refractivity contribution in [2.24, 2.45) is 0 Å². The predicted molar refractivity (Wildman–Crippen MR) is 73.3 cm³/mol. The van der Waals surface area contributed by atoms with E-state index in [1.807, 2.05) is 13.0 Å². The van der Waals surface area contributed by atoms with Crippen LogP contribution in [0, 0.1) is 6.92 Å². The Hall–Kier alpha value is -0.650. The summed E-state index contributed by atoms with van der Waals surface area (Å²) in [6.07, 6.45) is 4.34. The molecule has 0 amide bonds. The lowest BCUT2D eigenvalue weighted by molar-refractivity contribution is 0.387. The van der Waals surface area contributed by atoms with Gasteiger partial charge in [-0.1, -0.05) is 11.1 Å². The first-order valence-electron chi connectivity index (χ1n) is 6.34. The minimum absolute atomic E-state index is 0.488. The lowest BCUT2D eigenvalue weighted by Crippen LogP contribution is -2.36. The van der Waals surface area contributed by atoms with E-state index < -0.39 is 10.0 Å². The number of aryl methyl sites for hydroxylation is 1. The quantitative estimate of drug-likeness (QED) is 0.783. The van der Waals surface area contributed by atoms with Crippen molar-refractivity contribution in [3.63, 3.8) is 0 Å². The molecule has 0 radical (unpaired) electrons. The lowest BCUT2D eigenvalue weighted by atomic mass is 10.1. The number of sulfonamides is 1. The van der Waals surface area contributed by atoms with Gasteiger partial charge in [-0.2, -0.15) is 4.31 Å². The third kappa shape index (κ3) is 2.27. The molecule has 5 heteroatoms. The zero-order valence-corrected chi connectivity index (χ0v) is 12.1. The summed E-state index contributed by atoms with van der Waals surface area (Å²) in [5, 5.41) is 0. The summed E-state index contributed by atoms with van der Waals surface area (Å²) >= 11 is 1.37. The van der Waals surface area contributed by atoms with E-state index in [2.05, 4.69) is 0 Å². The molecule has 1 aromatic rings. The van der Waals surface area contributed by atoms with Crippen LogP contribution < -0.4 is 0 Å². The molecule has 3 rings (SSSR count). The number of piperidine rings is 1. The average Bonchev–Trinajstić information content (AvgIpc) is 3.11. The largest absolute Gasteiger partial charge is 0.252 e. The van der Waals surface area contributed by atoms with E-state index in [9.17, 15) is 8.42 Å². The number of nitrogens with zero attached hydrogens (tertiary/aromatic N) is 1. The summed E-state index contributed by atoms with van der Waals surface area (Å²) in [4.78, 5) is 1.05. The van der Waals surface area contributed by atoms with Gasteiger partial charge in [-0.25, -0.2) is 8.42 Å². The van der Waals surface area contributed by atoms with Gasteiger partial charge in [0, 0.05) is 18.0 Å². The molecule has 0 N–H and O–H groups in total. The topological polar surface area (TPSA) is 37.4 Å². The van der Waals surface area contributed by atoms with Gasteiger partial charge in [-0.15, -0.1) is 11.3 Å². The molecule has 2 fully saturated rings. The Morgan fingerprint density at radius 2 is 1.67 bits per heavy atom. The van der Waals surface area contributed by atoms with Gasteiger partial charge >= 0.3 is 0 Å². The Morgan fingerprint density at radius 1 is 1.06 bits per heavy atom. The minimum atomic E-state index is -3.24. The highest BCUT2D eigenvalue weighted by molar-refractivity contribution is 7.91. The fourth-order valence-electron chi connectivity index (χ4n) is 2.44. The van der Waals surface area contributed by atoms with Crippen LogP contribution in [0.3, 0.4) is 0 Å². The Morgan fingerprint density at radius 3 is 2.17 bits per heavy atom. The number of thiophene rings is 1. The van der Waals surface area contributed by atoms with Crippen LogP contribution in [0.4, 0.5) is 0 Å². The Kier molecular flexibility index (Phi) is 3.08. The maximum absolute atomic E-state index is 12.4. The first kappa shape index (κ1) is 12.4. The number of hydrogen-bond donors (Lipinski definition) is 0. The zero-order valence-electron chi connectivity index (χ0n) is 10.5. The molecule has 0 bridgehead atoms. The van der Waals surface area contributed by atoms with Crippen molar-refractivity contribution in [1.82, 2.24) is 4.31 Å². The molecule has 0 spiro atoms. The average molecular weight is 283 g/mol. The first-order chi connectivity index (χ1) is 8.57. The molecule has 1 saturated carbocycles. The van der Waals surface area contributed by atoms with E-state index in [1.54, 1.807) is 15.9 Å². The maximum Gasteiger partial charge on any atom is 0.252 e. The third-order valence-electron chi connectivity index (χ3n) is 3.64. The van der Waals surface area contributed by atoms with Gasteiger partial charge in [0.1, 0.15) is 4.21 Å². The van der Waals surface area contributed by atoms with Gasteiger partial charge in [-0.3, -0.25) is 0 Å². The second-order valence-corrected chi connectivity index (χ2v) is 8.43. The van der Waals surface area contributed by atoms with E-state index >= 15 is 0 Å². The predicted octanol–water partition coefficient (Wildman–Crippen LogP) is 2.93. The summed E-state index contributed by atoms with van der Waals surface area (Å²) < 4.78 is 27.0. The Balaban J connectivity index is 1.77. The molecule has 18 heavy (non-hydrogen) atoms. The van der Waals surface area contributed by atoms with E-state index in [-0.39, 0.29) is 0 Å². The zero-order chi connectivity index (χ0) is 12.8. The summed E-state index contributed by atoms with van der Waals surface area (Å²) in [5.74, 6) is 0. The SMILES string of the molecule is Cc1ccc(S(=O)(=O)N2CCC(=C3CC3)CC2)s1. The van der Waals surface area contributed by atoms with E-state index in [1.165, 1.54) is 29.8 Å². The van der Waals surface area contributed by atoms with Crippen LogP contribution in [0.2, 0.25) is 0 Å². The summed E-state index contributed by atoms with van der Waals surface area (Å²) in [5.41, 5.74) is 3.10. The van der Waals surface area contributed by atoms with Gasteiger partial charge in [0.2, 0.25) is 0 Å². The second kappa shape index (κ2) is 4.47. The van der Waals surface area contributed by atoms with Crippen molar-refractivity contribution in [3.05, 3.63) is 28.2 Å². The van der Waals surface area contributed by atoms with Gasteiger partial charge in [0.15, 0.2) is 0 Å². The standard InChI is InChI=1S/C13H17NO2S2/c1-10-2-5-13(17-10)18(15,16)14-8-6-12(7-9-14)11-3-4-11/h2,5H,3-4,6-9H2,1H3. The molecule has 2 heterocycles. The highest BCUT2D eigenvalue weighted by Crippen LogP contribution is 2.37. The highest BCUT2D eigenvalue weighted by atomic mass is 32.2. The van der Waals surface area contributed by atoms with Crippen molar-refractivity contribution in [2.75, 3.05) is 13.1 Å². The molecular formula is C13H17NO2S2. The second-order valence-electron chi connectivity index (χ2n) is 4.98. The van der Waals surface area contributed by atoms with Crippen LogP contribution in [-0.2, 0) is 10.0 Å². The molecule has 0 atom stereocenters. The Labute approximate surface area is 112 Å². The van der Waals surface area contributed by atoms with Crippen LogP contribution in [0.5, 0.6) is 0 Å². The fraction of sp³-hybridized carbons (Fsp3) is 0.538. The van der Waals surface area contributed by atoms with E-state index in [0.29, 0.717) is 17.3 Å². The lowest BCUT2D eigenvalue weighted by Gasteiger charge is -2.27.